The average molecular weight is 269 g/mol. The summed E-state index contributed by atoms with van der Waals surface area (Å²) in [5, 5.41) is 7.67. The van der Waals surface area contributed by atoms with Crippen LogP contribution in [0.25, 0.3) is 22.4 Å². The van der Waals surface area contributed by atoms with E-state index in [0.717, 1.165) is 33.9 Å². The standard InChI is InChI=1S/C14H15N5O/c1-19(2)9-4-5-10(13(6-9)20-3)14-17-11-7-15-16-8-12(11)18-14/h4-8H,1-3H3,(H,17,18). The maximum Gasteiger partial charge on any atom is 0.142 e. The zero-order chi connectivity index (χ0) is 14.1. The van der Waals surface area contributed by atoms with Gasteiger partial charge in [-0.2, -0.15) is 10.2 Å². The zero-order valence-electron chi connectivity index (χ0n) is 11.6. The van der Waals surface area contributed by atoms with Crippen LogP contribution in [0.2, 0.25) is 0 Å². The molecule has 0 bridgehead atoms. The highest BCUT2D eigenvalue weighted by Gasteiger charge is 2.12. The summed E-state index contributed by atoms with van der Waals surface area (Å²) >= 11 is 0. The molecule has 20 heavy (non-hydrogen) atoms. The van der Waals surface area contributed by atoms with E-state index in [1.807, 2.05) is 37.2 Å². The van der Waals surface area contributed by atoms with Crippen LogP contribution in [0, 0.1) is 0 Å². The Bertz CT molecular complexity index is 717. The lowest BCUT2D eigenvalue weighted by atomic mass is 10.1. The summed E-state index contributed by atoms with van der Waals surface area (Å²) in [6.07, 6.45) is 3.29. The van der Waals surface area contributed by atoms with Crippen LogP contribution in [0.5, 0.6) is 5.75 Å². The predicted molar refractivity (Wildman–Crippen MR) is 78.0 cm³/mol. The van der Waals surface area contributed by atoms with E-state index >= 15 is 0 Å². The third-order valence-corrected chi connectivity index (χ3v) is 3.15. The first-order valence-electron chi connectivity index (χ1n) is 6.21. The number of rotatable bonds is 3. The molecule has 0 saturated carbocycles. The Morgan fingerprint density at radius 1 is 1.15 bits per heavy atom. The van der Waals surface area contributed by atoms with Crippen molar-refractivity contribution < 1.29 is 4.74 Å². The lowest BCUT2D eigenvalue weighted by molar-refractivity contribution is 0.416. The van der Waals surface area contributed by atoms with E-state index in [2.05, 4.69) is 20.2 Å². The number of nitrogens with zero attached hydrogens (tertiary/aromatic N) is 4. The van der Waals surface area contributed by atoms with Crippen LogP contribution in [0.3, 0.4) is 0 Å². The zero-order valence-corrected chi connectivity index (χ0v) is 11.6. The van der Waals surface area contributed by atoms with Gasteiger partial charge in [-0.05, 0) is 12.1 Å². The fourth-order valence-corrected chi connectivity index (χ4v) is 2.06. The van der Waals surface area contributed by atoms with E-state index in [0.29, 0.717) is 0 Å². The second kappa shape index (κ2) is 4.80. The van der Waals surface area contributed by atoms with Gasteiger partial charge < -0.3 is 14.6 Å². The maximum absolute atomic E-state index is 5.47. The third-order valence-electron chi connectivity index (χ3n) is 3.15. The molecule has 0 radical (unpaired) electrons. The van der Waals surface area contributed by atoms with Gasteiger partial charge in [0.2, 0.25) is 0 Å². The molecule has 3 rings (SSSR count). The first-order valence-corrected chi connectivity index (χ1v) is 6.21. The molecular weight excluding hydrogens is 254 g/mol. The van der Waals surface area contributed by atoms with Crippen molar-refractivity contribution in [3.05, 3.63) is 30.6 Å². The van der Waals surface area contributed by atoms with Crippen LogP contribution in [0.4, 0.5) is 5.69 Å². The van der Waals surface area contributed by atoms with E-state index in [-0.39, 0.29) is 0 Å². The molecule has 0 saturated heterocycles. The van der Waals surface area contributed by atoms with Crippen LogP contribution < -0.4 is 9.64 Å². The van der Waals surface area contributed by atoms with Gasteiger partial charge in [-0.3, -0.25) is 0 Å². The quantitative estimate of drug-likeness (QED) is 0.788. The first-order chi connectivity index (χ1) is 9.69. The van der Waals surface area contributed by atoms with Crippen molar-refractivity contribution >= 4 is 16.7 Å². The second-order valence-electron chi connectivity index (χ2n) is 4.65. The van der Waals surface area contributed by atoms with Gasteiger partial charge in [0.15, 0.2) is 0 Å². The number of aromatic amines is 1. The van der Waals surface area contributed by atoms with Crippen molar-refractivity contribution in [2.75, 3.05) is 26.1 Å². The highest BCUT2D eigenvalue weighted by molar-refractivity contribution is 5.80. The monoisotopic (exact) mass is 269 g/mol. The fraction of sp³-hybridized carbons (Fsp3) is 0.214. The Hall–Kier alpha value is -2.63. The number of nitrogens with one attached hydrogen (secondary N) is 1. The maximum atomic E-state index is 5.47. The van der Waals surface area contributed by atoms with Crippen LogP contribution in [0.15, 0.2) is 30.6 Å². The molecule has 0 aliphatic carbocycles. The number of hydrogen-bond acceptors (Lipinski definition) is 5. The van der Waals surface area contributed by atoms with Crippen molar-refractivity contribution in [1.29, 1.82) is 0 Å². The summed E-state index contributed by atoms with van der Waals surface area (Å²) in [6, 6.07) is 6.01. The lowest BCUT2D eigenvalue weighted by Gasteiger charge is -2.15. The smallest absolute Gasteiger partial charge is 0.142 e. The molecule has 0 aliphatic heterocycles. The number of H-pyrrole nitrogens is 1. The molecular formula is C14H15N5O. The van der Waals surface area contributed by atoms with E-state index in [1.165, 1.54) is 0 Å². The summed E-state index contributed by atoms with van der Waals surface area (Å²) in [6.45, 7) is 0. The number of fused-ring (bicyclic) bond motifs is 1. The first kappa shape index (κ1) is 12.4. The van der Waals surface area contributed by atoms with Crippen LogP contribution in [-0.2, 0) is 0 Å². The number of benzene rings is 1. The SMILES string of the molecule is COc1cc(N(C)C)ccc1-c1nc2cnncc2[nH]1. The van der Waals surface area contributed by atoms with Gasteiger partial charge >= 0.3 is 0 Å². The lowest BCUT2D eigenvalue weighted by Crippen LogP contribution is -2.08. The minimum atomic E-state index is 0.747. The Kier molecular flexibility index (Phi) is 2.98. The van der Waals surface area contributed by atoms with Crippen molar-refractivity contribution in [1.82, 2.24) is 20.2 Å². The van der Waals surface area contributed by atoms with Gasteiger partial charge in [0.05, 0.1) is 30.6 Å². The Morgan fingerprint density at radius 2 is 1.95 bits per heavy atom. The van der Waals surface area contributed by atoms with Crippen LogP contribution in [0.1, 0.15) is 0 Å². The molecule has 1 N–H and O–H groups in total. The number of hydrogen-bond donors (Lipinski definition) is 1. The molecule has 3 aromatic rings. The van der Waals surface area contributed by atoms with Gasteiger partial charge in [-0.1, -0.05) is 0 Å². The predicted octanol–water partition coefficient (Wildman–Crippen LogP) is 2.09. The molecule has 0 amide bonds. The third kappa shape index (κ3) is 2.05. The fourth-order valence-electron chi connectivity index (χ4n) is 2.06. The summed E-state index contributed by atoms with van der Waals surface area (Å²) in [5.41, 5.74) is 3.63. The topological polar surface area (TPSA) is 66.9 Å². The molecule has 2 aromatic heterocycles. The van der Waals surface area contributed by atoms with Gasteiger partial charge in [0.25, 0.3) is 0 Å². The summed E-state index contributed by atoms with van der Waals surface area (Å²) < 4.78 is 5.47. The van der Waals surface area contributed by atoms with E-state index in [9.17, 15) is 0 Å². The Morgan fingerprint density at radius 3 is 2.65 bits per heavy atom. The number of imidazole rings is 1. The van der Waals surface area contributed by atoms with Crippen LogP contribution in [-0.4, -0.2) is 41.4 Å². The molecule has 0 fully saturated rings. The molecule has 0 aliphatic rings. The Balaban J connectivity index is 2.13. The number of ether oxygens (including phenoxy) is 1. The largest absolute Gasteiger partial charge is 0.496 e. The normalized spacial score (nSPS) is 10.8. The Labute approximate surface area is 116 Å². The van der Waals surface area contributed by atoms with Crippen molar-refractivity contribution in [3.8, 4) is 17.1 Å². The molecule has 0 atom stereocenters. The van der Waals surface area contributed by atoms with Gasteiger partial charge in [0, 0.05) is 25.8 Å². The average Bonchev–Trinajstić information content (AvgIpc) is 2.90. The molecule has 1 aromatic carbocycles. The minimum absolute atomic E-state index is 0.747. The number of methoxy groups -OCH3 is 1. The molecule has 102 valence electrons. The molecule has 2 heterocycles. The van der Waals surface area contributed by atoms with Crippen LogP contribution >= 0.6 is 0 Å². The summed E-state index contributed by atoms with van der Waals surface area (Å²) in [4.78, 5) is 9.77. The molecule has 6 nitrogen and oxygen atoms in total. The molecule has 0 spiro atoms. The molecule has 0 unspecified atom stereocenters. The second-order valence-corrected chi connectivity index (χ2v) is 4.65. The van der Waals surface area contributed by atoms with Gasteiger partial charge in [-0.25, -0.2) is 4.98 Å². The minimum Gasteiger partial charge on any atom is -0.496 e. The highest BCUT2D eigenvalue weighted by Crippen LogP contribution is 2.32. The van der Waals surface area contributed by atoms with E-state index in [4.69, 9.17) is 4.74 Å². The molecule has 6 heteroatoms. The number of aromatic nitrogens is 4. The van der Waals surface area contributed by atoms with Gasteiger partial charge in [0.1, 0.15) is 17.1 Å². The highest BCUT2D eigenvalue weighted by atomic mass is 16.5. The van der Waals surface area contributed by atoms with E-state index in [1.54, 1.807) is 19.5 Å². The van der Waals surface area contributed by atoms with Crippen molar-refractivity contribution in [2.24, 2.45) is 0 Å². The van der Waals surface area contributed by atoms with E-state index < -0.39 is 0 Å². The van der Waals surface area contributed by atoms with Crippen molar-refractivity contribution in [3.63, 3.8) is 0 Å². The van der Waals surface area contributed by atoms with Gasteiger partial charge in [-0.15, -0.1) is 0 Å². The summed E-state index contributed by atoms with van der Waals surface area (Å²) in [7, 11) is 5.64. The summed E-state index contributed by atoms with van der Waals surface area (Å²) in [5.74, 6) is 1.52. The van der Waals surface area contributed by atoms with Crippen molar-refractivity contribution in [2.45, 2.75) is 0 Å². The number of anilines is 1.